The maximum Gasteiger partial charge on any atom is 0.186 e. The Bertz CT molecular complexity index is 681. The van der Waals surface area contributed by atoms with Crippen molar-refractivity contribution in [1.29, 1.82) is 0 Å². The Kier molecular flexibility index (Phi) is 11.5. The minimum atomic E-state index is -1.42. The molecule has 13 heteroatoms. The van der Waals surface area contributed by atoms with E-state index in [1.54, 1.807) is 20.8 Å². The van der Waals surface area contributed by atoms with Crippen molar-refractivity contribution in [2.45, 2.75) is 108 Å². The molecule has 3 heterocycles. The Morgan fingerprint density at radius 3 is 1.62 bits per heavy atom. The summed E-state index contributed by atoms with van der Waals surface area (Å²) in [6.45, 7) is 6.29. The lowest BCUT2D eigenvalue weighted by molar-refractivity contribution is -0.355. The Morgan fingerprint density at radius 1 is 0.595 bits per heavy atom. The molecule has 3 fully saturated rings. The molecule has 3 aliphatic heterocycles. The van der Waals surface area contributed by atoms with E-state index in [0.717, 1.165) is 0 Å². The zero-order valence-corrected chi connectivity index (χ0v) is 21.8. The minimum absolute atomic E-state index is 0.145. The van der Waals surface area contributed by atoms with Crippen LogP contribution in [0.5, 0.6) is 0 Å². The maximum atomic E-state index is 11.0. The van der Waals surface area contributed by atoms with Gasteiger partial charge < -0.3 is 64.2 Å². The first-order chi connectivity index (χ1) is 17.5. The highest BCUT2D eigenvalue weighted by molar-refractivity contribution is 4.93. The van der Waals surface area contributed by atoms with Crippen molar-refractivity contribution >= 4 is 0 Å². The van der Waals surface area contributed by atoms with E-state index in [9.17, 15) is 35.7 Å². The van der Waals surface area contributed by atoms with E-state index < -0.39 is 98.2 Å². The summed E-state index contributed by atoms with van der Waals surface area (Å²) in [4.78, 5) is 0. The summed E-state index contributed by atoms with van der Waals surface area (Å²) < 4.78 is 34.7. The third-order valence-electron chi connectivity index (χ3n) is 7.72. The lowest BCUT2D eigenvalue weighted by atomic mass is 9.89. The summed E-state index contributed by atoms with van der Waals surface area (Å²) in [7, 11) is 0. The molecule has 0 spiro atoms. The highest BCUT2D eigenvalue weighted by Crippen LogP contribution is 2.35. The predicted octanol–water partition coefficient (Wildman–Crippen LogP) is -2.31. The quantitative estimate of drug-likeness (QED) is 0.156. The predicted molar refractivity (Wildman–Crippen MR) is 125 cm³/mol. The van der Waals surface area contributed by atoms with Gasteiger partial charge in [0.25, 0.3) is 0 Å². The zero-order chi connectivity index (χ0) is 27.4. The third kappa shape index (κ3) is 6.80. The second kappa shape index (κ2) is 13.7. The number of hydrogen-bond donors (Lipinski definition) is 7. The van der Waals surface area contributed by atoms with E-state index in [4.69, 9.17) is 28.4 Å². The molecular weight excluding hydrogens is 496 g/mol. The number of hydrogen-bond acceptors (Lipinski definition) is 13. The Labute approximate surface area is 216 Å². The first-order valence-corrected chi connectivity index (χ1v) is 13.0. The van der Waals surface area contributed by atoms with Gasteiger partial charge in [-0.25, -0.2) is 0 Å². The number of ether oxygens (including phenoxy) is 6. The van der Waals surface area contributed by atoms with E-state index in [0.29, 0.717) is 6.42 Å². The fraction of sp³-hybridized carbons (Fsp3) is 1.00. The van der Waals surface area contributed by atoms with Crippen molar-refractivity contribution in [1.82, 2.24) is 0 Å². The van der Waals surface area contributed by atoms with Crippen LogP contribution in [0.4, 0.5) is 0 Å². The van der Waals surface area contributed by atoms with Gasteiger partial charge in [-0.05, 0) is 6.42 Å². The monoisotopic (exact) mass is 540 g/mol. The van der Waals surface area contributed by atoms with E-state index in [2.05, 4.69) is 0 Å². The summed E-state index contributed by atoms with van der Waals surface area (Å²) >= 11 is 0. The third-order valence-corrected chi connectivity index (χ3v) is 7.72. The molecule has 0 radical (unpaired) electrons. The fourth-order valence-electron chi connectivity index (χ4n) is 4.97. The molecule has 7 N–H and O–H groups in total. The average Bonchev–Trinajstić information content (AvgIpc) is 2.89. The first kappa shape index (κ1) is 31.0. The van der Waals surface area contributed by atoms with Crippen molar-refractivity contribution in [3.05, 3.63) is 0 Å². The standard InChI is InChI=1S/C24H44O13/c1-5-6-32-23-20(31)21(37-24-19(30)17(28)11(3)14(8-26)35-24)12(4)15(36-23)9-33-22-18(29)16(27)10(2)13(7-25)34-22/h10-31H,5-9H2,1-4H3. The first-order valence-electron chi connectivity index (χ1n) is 13.0. The molecule has 37 heavy (non-hydrogen) atoms. The summed E-state index contributed by atoms with van der Waals surface area (Å²) in [5.74, 6) is -1.61. The zero-order valence-electron chi connectivity index (χ0n) is 21.8. The molecule has 0 saturated carbocycles. The maximum absolute atomic E-state index is 11.0. The van der Waals surface area contributed by atoms with Gasteiger partial charge in [-0.1, -0.05) is 27.7 Å². The van der Waals surface area contributed by atoms with Gasteiger partial charge in [0.1, 0.15) is 18.3 Å². The van der Waals surface area contributed by atoms with Crippen molar-refractivity contribution < 1.29 is 64.2 Å². The molecule has 0 aliphatic carbocycles. The summed E-state index contributed by atoms with van der Waals surface area (Å²) in [6.07, 6.45) is -12.7. The summed E-state index contributed by atoms with van der Waals surface area (Å²) in [5, 5.41) is 71.9. The molecule has 0 aromatic carbocycles. The van der Waals surface area contributed by atoms with Crippen molar-refractivity contribution in [2.75, 3.05) is 26.4 Å². The largest absolute Gasteiger partial charge is 0.394 e. The van der Waals surface area contributed by atoms with E-state index >= 15 is 0 Å². The minimum Gasteiger partial charge on any atom is -0.394 e. The summed E-state index contributed by atoms with van der Waals surface area (Å²) in [6, 6.07) is 0. The second-order valence-electron chi connectivity index (χ2n) is 10.3. The van der Waals surface area contributed by atoms with Crippen LogP contribution in [-0.4, -0.2) is 136 Å². The lowest BCUT2D eigenvalue weighted by Gasteiger charge is -2.47. The van der Waals surface area contributed by atoms with E-state index in [1.165, 1.54) is 0 Å². The van der Waals surface area contributed by atoms with Gasteiger partial charge >= 0.3 is 0 Å². The highest BCUT2D eigenvalue weighted by atomic mass is 16.7. The molecular formula is C24H44O13. The second-order valence-corrected chi connectivity index (χ2v) is 10.3. The van der Waals surface area contributed by atoms with Gasteiger partial charge in [-0.2, -0.15) is 0 Å². The van der Waals surface area contributed by atoms with Crippen molar-refractivity contribution in [3.8, 4) is 0 Å². The van der Waals surface area contributed by atoms with Crippen LogP contribution in [0.2, 0.25) is 0 Å². The van der Waals surface area contributed by atoms with Crippen LogP contribution in [0.15, 0.2) is 0 Å². The van der Waals surface area contributed by atoms with Gasteiger partial charge in [0.2, 0.25) is 0 Å². The van der Waals surface area contributed by atoms with Crippen LogP contribution in [0.1, 0.15) is 34.1 Å². The SMILES string of the molecule is CCCOC1OC(COC2OC(CO)C(C)C(O)C2O)C(C)C(OC2OC(CO)C(C)C(O)C2O)C1O. The fourth-order valence-corrected chi connectivity index (χ4v) is 4.97. The average molecular weight is 541 g/mol. The molecule has 3 aliphatic rings. The van der Waals surface area contributed by atoms with Crippen LogP contribution in [0.25, 0.3) is 0 Å². The summed E-state index contributed by atoms with van der Waals surface area (Å²) in [5.41, 5.74) is 0. The lowest BCUT2D eigenvalue weighted by Crippen LogP contribution is -2.62. The van der Waals surface area contributed by atoms with Gasteiger partial charge in [0.05, 0.1) is 56.4 Å². The van der Waals surface area contributed by atoms with E-state index in [1.807, 2.05) is 6.92 Å². The molecule has 15 unspecified atom stereocenters. The Balaban J connectivity index is 1.73. The molecule has 0 aromatic rings. The van der Waals surface area contributed by atoms with Gasteiger partial charge in [-0.3, -0.25) is 0 Å². The Morgan fingerprint density at radius 2 is 1.08 bits per heavy atom. The van der Waals surface area contributed by atoms with Crippen LogP contribution in [0.3, 0.4) is 0 Å². The molecule has 15 atom stereocenters. The van der Waals surface area contributed by atoms with E-state index in [-0.39, 0.29) is 19.8 Å². The highest BCUT2D eigenvalue weighted by Gasteiger charge is 2.50. The number of aliphatic hydroxyl groups excluding tert-OH is 7. The number of aliphatic hydroxyl groups is 7. The van der Waals surface area contributed by atoms with Gasteiger partial charge in [0, 0.05) is 24.4 Å². The molecule has 0 bridgehead atoms. The Hall–Kier alpha value is -0.520. The van der Waals surface area contributed by atoms with Gasteiger partial charge in [-0.15, -0.1) is 0 Å². The van der Waals surface area contributed by atoms with Crippen molar-refractivity contribution in [2.24, 2.45) is 17.8 Å². The van der Waals surface area contributed by atoms with Crippen LogP contribution >= 0.6 is 0 Å². The molecule has 3 rings (SSSR count). The topological polar surface area (TPSA) is 197 Å². The van der Waals surface area contributed by atoms with Crippen LogP contribution in [0, 0.1) is 17.8 Å². The molecule has 218 valence electrons. The van der Waals surface area contributed by atoms with Crippen molar-refractivity contribution in [3.63, 3.8) is 0 Å². The smallest absolute Gasteiger partial charge is 0.186 e. The van der Waals surface area contributed by atoms with Gasteiger partial charge in [0.15, 0.2) is 18.9 Å². The molecule has 3 saturated heterocycles. The van der Waals surface area contributed by atoms with Crippen LogP contribution in [-0.2, 0) is 28.4 Å². The normalized spacial score (nSPS) is 49.2. The molecule has 13 nitrogen and oxygen atoms in total. The molecule has 0 amide bonds. The number of rotatable bonds is 10. The molecule has 0 aromatic heterocycles. The van der Waals surface area contributed by atoms with Crippen LogP contribution < -0.4 is 0 Å².